The molecule has 0 heterocycles. The number of alkyl halides is 3. The number of carbonyl (C=O) groups is 2. The fourth-order valence-corrected chi connectivity index (χ4v) is 2.88. The minimum Gasteiger partial charge on any atom is -0.444 e. The fraction of sp³-hybridized carbons (Fsp3) is 0.882. The molecular weight excluding hydrogens is 337 g/mol. The molecule has 0 aromatic heterocycles. The second kappa shape index (κ2) is 8.27. The first-order chi connectivity index (χ1) is 11.3. The largest absolute Gasteiger partial charge is 0.444 e. The van der Waals surface area contributed by atoms with Gasteiger partial charge in [0.1, 0.15) is 11.6 Å². The molecule has 0 saturated heterocycles. The number of amides is 2. The summed E-state index contributed by atoms with van der Waals surface area (Å²) in [7, 11) is 0. The van der Waals surface area contributed by atoms with Gasteiger partial charge in [0.2, 0.25) is 5.91 Å². The molecule has 3 atom stereocenters. The fourth-order valence-electron chi connectivity index (χ4n) is 2.88. The van der Waals surface area contributed by atoms with Crippen LogP contribution in [0, 0.1) is 11.8 Å². The summed E-state index contributed by atoms with van der Waals surface area (Å²) in [6.45, 7) is 8.62. The van der Waals surface area contributed by atoms with Crippen molar-refractivity contribution >= 4 is 12.0 Å². The molecule has 0 aliphatic heterocycles. The van der Waals surface area contributed by atoms with Crippen LogP contribution in [0.5, 0.6) is 0 Å². The summed E-state index contributed by atoms with van der Waals surface area (Å²) < 4.78 is 43.8. The van der Waals surface area contributed by atoms with Gasteiger partial charge in [0, 0.05) is 6.04 Å². The first-order valence-electron chi connectivity index (χ1n) is 8.66. The van der Waals surface area contributed by atoms with Gasteiger partial charge in [-0.3, -0.25) is 4.79 Å². The number of rotatable bonds is 4. The second-order valence-corrected chi connectivity index (χ2v) is 7.98. The van der Waals surface area contributed by atoms with E-state index in [0.717, 1.165) is 0 Å². The Morgan fingerprint density at radius 1 is 1.12 bits per heavy atom. The Balaban J connectivity index is 2.66. The maximum absolute atomic E-state index is 12.9. The molecule has 0 aromatic rings. The molecular formula is C17H29F3N2O3. The number of hydrogen-bond acceptors (Lipinski definition) is 3. The molecule has 0 bridgehead atoms. The second-order valence-electron chi connectivity index (χ2n) is 7.98. The van der Waals surface area contributed by atoms with Crippen LogP contribution in [0.1, 0.15) is 60.3 Å². The molecule has 3 unspecified atom stereocenters. The van der Waals surface area contributed by atoms with Crippen LogP contribution in [0.2, 0.25) is 0 Å². The minimum absolute atomic E-state index is 0.0969. The molecule has 25 heavy (non-hydrogen) atoms. The van der Waals surface area contributed by atoms with Crippen molar-refractivity contribution in [1.82, 2.24) is 10.6 Å². The van der Waals surface area contributed by atoms with E-state index in [2.05, 4.69) is 10.6 Å². The van der Waals surface area contributed by atoms with Gasteiger partial charge >= 0.3 is 12.3 Å². The summed E-state index contributed by atoms with van der Waals surface area (Å²) >= 11 is 0. The number of hydrogen-bond donors (Lipinski definition) is 2. The van der Waals surface area contributed by atoms with Gasteiger partial charge in [0.05, 0.1) is 5.92 Å². The highest BCUT2D eigenvalue weighted by molar-refractivity contribution is 5.86. The van der Waals surface area contributed by atoms with Crippen molar-refractivity contribution in [2.75, 3.05) is 0 Å². The zero-order valence-electron chi connectivity index (χ0n) is 15.5. The van der Waals surface area contributed by atoms with Crippen LogP contribution < -0.4 is 10.6 Å². The highest BCUT2D eigenvalue weighted by Crippen LogP contribution is 2.37. The molecule has 146 valence electrons. The topological polar surface area (TPSA) is 67.4 Å². The van der Waals surface area contributed by atoms with Crippen LogP contribution in [-0.2, 0) is 9.53 Å². The zero-order valence-corrected chi connectivity index (χ0v) is 15.5. The third-order valence-electron chi connectivity index (χ3n) is 4.10. The highest BCUT2D eigenvalue weighted by Gasteiger charge is 2.42. The summed E-state index contributed by atoms with van der Waals surface area (Å²) in [4.78, 5) is 24.3. The number of carbonyl (C=O) groups excluding carboxylic acids is 2. The van der Waals surface area contributed by atoms with E-state index in [9.17, 15) is 22.8 Å². The van der Waals surface area contributed by atoms with E-state index in [0.29, 0.717) is 12.8 Å². The lowest BCUT2D eigenvalue weighted by Crippen LogP contribution is -2.53. The van der Waals surface area contributed by atoms with Crippen molar-refractivity contribution in [3.05, 3.63) is 0 Å². The standard InChI is InChI=1S/C17H29F3N2O3/c1-10(2)13(22-15(24)25-16(3,4)5)14(23)21-12-8-6-7-11(9-12)17(18,19)20/h10-13H,6-9H2,1-5H3,(H,21,23)(H,22,24). The third-order valence-corrected chi connectivity index (χ3v) is 4.10. The quantitative estimate of drug-likeness (QED) is 0.796. The Labute approximate surface area is 147 Å². The van der Waals surface area contributed by atoms with Gasteiger partial charge in [-0.15, -0.1) is 0 Å². The molecule has 5 nitrogen and oxygen atoms in total. The predicted octanol–water partition coefficient (Wildman–Crippen LogP) is 3.77. The third kappa shape index (κ3) is 7.52. The van der Waals surface area contributed by atoms with Gasteiger partial charge in [-0.1, -0.05) is 20.3 Å². The van der Waals surface area contributed by atoms with Crippen LogP contribution in [0.25, 0.3) is 0 Å². The molecule has 1 rings (SSSR count). The van der Waals surface area contributed by atoms with Crippen molar-refractivity contribution in [1.29, 1.82) is 0 Å². The zero-order chi connectivity index (χ0) is 19.4. The Bertz CT molecular complexity index is 473. The van der Waals surface area contributed by atoms with E-state index < -0.39 is 41.8 Å². The molecule has 1 aliphatic rings. The molecule has 2 N–H and O–H groups in total. The monoisotopic (exact) mass is 366 g/mol. The average Bonchev–Trinajstić information content (AvgIpc) is 2.41. The molecule has 8 heteroatoms. The van der Waals surface area contributed by atoms with Gasteiger partial charge in [-0.05, 0) is 46.0 Å². The molecule has 1 aliphatic carbocycles. The van der Waals surface area contributed by atoms with Crippen molar-refractivity contribution in [3.8, 4) is 0 Å². The van der Waals surface area contributed by atoms with Crippen molar-refractivity contribution in [2.24, 2.45) is 11.8 Å². The van der Waals surface area contributed by atoms with E-state index in [1.807, 2.05) is 0 Å². The maximum Gasteiger partial charge on any atom is 0.408 e. The van der Waals surface area contributed by atoms with Gasteiger partial charge in [-0.2, -0.15) is 13.2 Å². The van der Waals surface area contributed by atoms with Gasteiger partial charge in [0.25, 0.3) is 0 Å². The highest BCUT2D eigenvalue weighted by atomic mass is 19.4. The van der Waals surface area contributed by atoms with Gasteiger partial charge in [-0.25, -0.2) is 4.79 Å². The van der Waals surface area contributed by atoms with E-state index in [-0.39, 0.29) is 18.8 Å². The summed E-state index contributed by atoms with van der Waals surface area (Å²) in [5.74, 6) is -2.09. The summed E-state index contributed by atoms with van der Waals surface area (Å²) in [5, 5.41) is 5.17. The minimum atomic E-state index is -4.24. The van der Waals surface area contributed by atoms with E-state index in [1.165, 1.54) is 0 Å². The molecule has 1 saturated carbocycles. The lowest BCUT2D eigenvalue weighted by atomic mass is 9.85. The van der Waals surface area contributed by atoms with Crippen LogP contribution >= 0.6 is 0 Å². The Morgan fingerprint density at radius 3 is 2.20 bits per heavy atom. The summed E-state index contributed by atoms with van der Waals surface area (Å²) in [6.07, 6.45) is -4.06. The Kier molecular flexibility index (Phi) is 7.14. The van der Waals surface area contributed by atoms with Gasteiger partial charge in [0.15, 0.2) is 0 Å². The molecule has 2 amide bonds. The number of ether oxygens (including phenoxy) is 1. The first-order valence-corrected chi connectivity index (χ1v) is 8.66. The Hall–Kier alpha value is -1.47. The number of alkyl carbamates (subject to hydrolysis) is 1. The van der Waals surface area contributed by atoms with E-state index in [4.69, 9.17) is 4.74 Å². The predicted molar refractivity (Wildman–Crippen MR) is 87.9 cm³/mol. The first kappa shape index (κ1) is 21.6. The summed E-state index contributed by atoms with van der Waals surface area (Å²) in [6, 6.07) is -1.39. The van der Waals surface area contributed by atoms with E-state index in [1.54, 1.807) is 34.6 Å². The normalized spacial score (nSPS) is 23.1. The van der Waals surface area contributed by atoms with Crippen molar-refractivity contribution in [2.45, 2.75) is 84.2 Å². The molecule has 1 fully saturated rings. The smallest absolute Gasteiger partial charge is 0.408 e. The maximum atomic E-state index is 12.9. The van der Waals surface area contributed by atoms with Crippen molar-refractivity contribution in [3.63, 3.8) is 0 Å². The summed E-state index contributed by atoms with van der Waals surface area (Å²) in [5.41, 5.74) is -0.703. The van der Waals surface area contributed by atoms with Crippen LogP contribution in [0.15, 0.2) is 0 Å². The lowest BCUT2D eigenvalue weighted by molar-refractivity contribution is -0.184. The average molecular weight is 366 g/mol. The van der Waals surface area contributed by atoms with Crippen LogP contribution in [-0.4, -0.2) is 35.9 Å². The van der Waals surface area contributed by atoms with Crippen LogP contribution in [0.4, 0.5) is 18.0 Å². The number of halogens is 3. The molecule has 0 aromatic carbocycles. The molecule has 0 radical (unpaired) electrons. The number of nitrogens with one attached hydrogen (secondary N) is 2. The lowest BCUT2D eigenvalue weighted by Gasteiger charge is -2.32. The van der Waals surface area contributed by atoms with Crippen molar-refractivity contribution < 1.29 is 27.5 Å². The van der Waals surface area contributed by atoms with Crippen LogP contribution in [0.3, 0.4) is 0 Å². The Morgan fingerprint density at radius 2 is 1.72 bits per heavy atom. The van der Waals surface area contributed by atoms with Gasteiger partial charge < -0.3 is 15.4 Å². The molecule has 0 spiro atoms. The SMILES string of the molecule is CC(C)C(NC(=O)OC(C)(C)C)C(=O)NC1CCCC(C(F)(F)F)C1. The van der Waals surface area contributed by atoms with E-state index >= 15 is 0 Å².